The number of carbonyl (C=O) groups is 2. The van der Waals surface area contributed by atoms with E-state index in [4.69, 9.17) is 4.74 Å². The second-order valence-corrected chi connectivity index (χ2v) is 8.59. The number of rotatable bonds is 7. The third-order valence-corrected chi connectivity index (χ3v) is 5.43. The Morgan fingerprint density at radius 3 is 2.55 bits per heavy atom. The number of carbonyl (C=O) groups excluding carboxylic acids is 2. The van der Waals surface area contributed by atoms with Gasteiger partial charge >= 0.3 is 0 Å². The lowest BCUT2D eigenvalue weighted by molar-refractivity contribution is 0.0794. The highest BCUT2D eigenvalue weighted by molar-refractivity contribution is 9.10. The van der Waals surface area contributed by atoms with Gasteiger partial charge in [-0.1, -0.05) is 41.9 Å². The maximum absolute atomic E-state index is 13.0. The van der Waals surface area contributed by atoms with E-state index < -0.39 is 0 Å². The molecule has 0 aliphatic carbocycles. The number of anilines is 1. The van der Waals surface area contributed by atoms with Gasteiger partial charge in [0.2, 0.25) is 0 Å². The summed E-state index contributed by atoms with van der Waals surface area (Å²) in [6.45, 7) is 6.34. The Morgan fingerprint density at radius 1 is 1.10 bits per heavy atom. The molecule has 1 fully saturated rings. The normalized spacial score (nSPS) is 13.6. The van der Waals surface area contributed by atoms with Crippen LogP contribution in [0.25, 0.3) is 0 Å². The van der Waals surface area contributed by atoms with Crippen molar-refractivity contribution in [2.75, 3.05) is 25.0 Å². The Kier molecular flexibility index (Phi) is 7.31. The van der Waals surface area contributed by atoms with E-state index in [0.29, 0.717) is 35.1 Å². The first-order valence-corrected chi connectivity index (χ1v) is 10.9. The van der Waals surface area contributed by atoms with Crippen LogP contribution in [0.15, 0.2) is 46.9 Å². The van der Waals surface area contributed by atoms with E-state index in [1.807, 2.05) is 23.1 Å². The van der Waals surface area contributed by atoms with Crippen molar-refractivity contribution in [1.29, 1.82) is 0 Å². The van der Waals surface area contributed by atoms with Gasteiger partial charge in [-0.05, 0) is 55.5 Å². The van der Waals surface area contributed by atoms with Crippen molar-refractivity contribution < 1.29 is 14.3 Å². The molecule has 1 N–H and O–H groups in total. The average molecular weight is 459 g/mol. The molecule has 0 aromatic heterocycles. The summed E-state index contributed by atoms with van der Waals surface area (Å²) >= 11 is 3.43. The smallest absolute Gasteiger partial charge is 0.259 e. The quantitative estimate of drug-likeness (QED) is 0.606. The molecular weight excluding hydrogens is 432 g/mol. The number of likely N-dealkylation sites (tertiary alicyclic amines) is 1. The molecule has 2 aromatic rings. The Hall–Kier alpha value is -2.34. The minimum absolute atomic E-state index is 0.0407. The molecule has 0 unspecified atom stereocenters. The van der Waals surface area contributed by atoms with Crippen LogP contribution >= 0.6 is 15.9 Å². The van der Waals surface area contributed by atoms with Gasteiger partial charge in [-0.3, -0.25) is 9.59 Å². The molecule has 3 rings (SSSR count). The van der Waals surface area contributed by atoms with Crippen molar-refractivity contribution in [2.24, 2.45) is 5.92 Å². The lowest BCUT2D eigenvalue weighted by atomic mass is 10.1. The number of halogens is 1. The summed E-state index contributed by atoms with van der Waals surface area (Å²) in [5.41, 5.74) is 1.47. The first-order chi connectivity index (χ1) is 14.0. The lowest BCUT2D eigenvalue weighted by Gasteiger charge is -2.18. The van der Waals surface area contributed by atoms with Gasteiger partial charge in [0, 0.05) is 17.6 Å². The number of benzene rings is 2. The molecule has 154 valence electrons. The second kappa shape index (κ2) is 9.92. The van der Waals surface area contributed by atoms with E-state index in [2.05, 4.69) is 35.1 Å². The fourth-order valence-electron chi connectivity index (χ4n) is 3.27. The fourth-order valence-corrected chi connectivity index (χ4v) is 3.63. The number of para-hydroxylation sites is 1. The average Bonchev–Trinajstić information content (AvgIpc) is 3.23. The van der Waals surface area contributed by atoms with Crippen LogP contribution < -0.4 is 10.1 Å². The van der Waals surface area contributed by atoms with Crippen LogP contribution in [0.5, 0.6) is 5.75 Å². The SMILES string of the molecule is CC(C)CCOc1ccc(Br)cc1C(=O)Nc1ccccc1C(=O)N1CCCC1. The molecule has 0 spiro atoms. The summed E-state index contributed by atoms with van der Waals surface area (Å²) < 4.78 is 6.66. The molecule has 0 radical (unpaired) electrons. The number of ether oxygens (including phenoxy) is 1. The molecule has 1 aliphatic rings. The molecular formula is C23H27BrN2O3. The minimum Gasteiger partial charge on any atom is -0.493 e. The van der Waals surface area contributed by atoms with E-state index >= 15 is 0 Å². The van der Waals surface area contributed by atoms with Gasteiger partial charge in [0.15, 0.2) is 0 Å². The highest BCUT2D eigenvalue weighted by Crippen LogP contribution is 2.26. The summed E-state index contributed by atoms with van der Waals surface area (Å²) in [7, 11) is 0. The molecule has 0 bridgehead atoms. The number of nitrogens with one attached hydrogen (secondary N) is 1. The number of amides is 2. The van der Waals surface area contributed by atoms with Gasteiger partial charge < -0.3 is 15.0 Å². The van der Waals surface area contributed by atoms with Crippen LogP contribution in [-0.2, 0) is 0 Å². The van der Waals surface area contributed by atoms with E-state index in [1.165, 1.54) is 0 Å². The van der Waals surface area contributed by atoms with E-state index in [0.717, 1.165) is 36.8 Å². The van der Waals surface area contributed by atoms with E-state index in [9.17, 15) is 9.59 Å². The zero-order chi connectivity index (χ0) is 20.8. The van der Waals surface area contributed by atoms with Crippen molar-refractivity contribution >= 4 is 33.4 Å². The Morgan fingerprint density at radius 2 is 1.83 bits per heavy atom. The van der Waals surface area contributed by atoms with Crippen molar-refractivity contribution in [3.63, 3.8) is 0 Å². The third kappa shape index (κ3) is 5.60. The summed E-state index contributed by atoms with van der Waals surface area (Å²) in [5.74, 6) is 0.717. The van der Waals surface area contributed by atoms with Gasteiger partial charge in [0.05, 0.1) is 23.4 Å². The maximum Gasteiger partial charge on any atom is 0.259 e. The molecule has 6 heteroatoms. The van der Waals surface area contributed by atoms with Crippen LogP contribution in [0, 0.1) is 5.92 Å². The zero-order valence-corrected chi connectivity index (χ0v) is 18.5. The van der Waals surface area contributed by atoms with Crippen LogP contribution in [0.1, 0.15) is 53.8 Å². The van der Waals surface area contributed by atoms with E-state index in [-0.39, 0.29) is 11.8 Å². The van der Waals surface area contributed by atoms with Crippen molar-refractivity contribution in [1.82, 2.24) is 4.90 Å². The van der Waals surface area contributed by atoms with Crippen LogP contribution in [0.4, 0.5) is 5.69 Å². The van der Waals surface area contributed by atoms with Crippen molar-refractivity contribution in [3.05, 3.63) is 58.1 Å². The molecule has 1 saturated heterocycles. The molecule has 29 heavy (non-hydrogen) atoms. The summed E-state index contributed by atoms with van der Waals surface area (Å²) in [4.78, 5) is 27.7. The first-order valence-electron chi connectivity index (χ1n) is 10.1. The standard InChI is InChI=1S/C23H27BrN2O3/c1-16(2)11-14-29-21-10-9-17(24)15-19(21)22(27)25-20-8-4-3-7-18(20)23(28)26-12-5-6-13-26/h3-4,7-10,15-16H,5-6,11-14H2,1-2H3,(H,25,27). The predicted molar refractivity (Wildman–Crippen MR) is 119 cm³/mol. The molecule has 0 saturated carbocycles. The summed E-state index contributed by atoms with van der Waals surface area (Å²) in [6.07, 6.45) is 2.95. The largest absolute Gasteiger partial charge is 0.493 e. The molecule has 1 heterocycles. The molecule has 0 atom stereocenters. The van der Waals surface area contributed by atoms with Gasteiger partial charge in [0.25, 0.3) is 11.8 Å². The fraction of sp³-hybridized carbons (Fsp3) is 0.391. The monoisotopic (exact) mass is 458 g/mol. The maximum atomic E-state index is 13.0. The van der Waals surface area contributed by atoms with E-state index in [1.54, 1.807) is 24.3 Å². The van der Waals surface area contributed by atoms with Crippen LogP contribution in [-0.4, -0.2) is 36.4 Å². The third-order valence-electron chi connectivity index (χ3n) is 4.94. The first kappa shape index (κ1) is 21.4. The van der Waals surface area contributed by atoms with Crippen molar-refractivity contribution in [3.8, 4) is 5.75 Å². The van der Waals surface area contributed by atoms with Gasteiger partial charge in [-0.15, -0.1) is 0 Å². The Labute approximate surface area is 180 Å². The van der Waals surface area contributed by atoms with Gasteiger partial charge in [-0.2, -0.15) is 0 Å². The molecule has 2 amide bonds. The number of hydrogen-bond acceptors (Lipinski definition) is 3. The van der Waals surface area contributed by atoms with Crippen LogP contribution in [0.2, 0.25) is 0 Å². The predicted octanol–water partition coefficient (Wildman–Crippen LogP) is 5.36. The molecule has 2 aromatic carbocycles. The van der Waals surface area contributed by atoms with Crippen LogP contribution in [0.3, 0.4) is 0 Å². The second-order valence-electron chi connectivity index (χ2n) is 7.67. The van der Waals surface area contributed by atoms with Crippen molar-refractivity contribution in [2.45, 2.75) is 33.1 Å². The van der Waals surface area contributed by atoms with Gasteiger partial charge in [-0.25, -0.2) is 0 Å². The summed E-state index contributed by atoms with van der Waals surface area (Å²) in [5, 5.41) is 2.91. The highest BCUT2D eigenvalue weighted by Gasteiger charge is 2.23. The van der Waals surface area contributed by atoms with Gasteiger partial charge in [0.1, 0.15) is 5.75 Å². The highest BCUT2D eigenvalue weighted by atomic mass is 79.9. The minimum atomic E-state index is -0.299. The molecule has 5 nitrogen and oxygen atoms in total. The Bertz CT molecular complexity index is 876. The zero-order valence-electron chi connectivity index (χ0n) is 16.9. The lowest BCUT2D eigenvalue weighted by Crippen LogP contribution is -2.28. The summed E-state index contributed by atoms with van der Waals surface area (Å²) in [6, 6.07) is 12.5. The Balaban J connectivity index is 1.80. The number of hydrogen-bond donors (Lipinski definition) is 1. The number of nitrogens with zero attached hydrogens (tertiary/aromatic N) is 1. The molecule has 1 aliphatic heterocycles. The topological polar surface area (TPSA) is 58.6 Å².